The molecule has 1 heterocycles. The summed E-state index contributed by atoms with van der Waals surface area (Å²) in [5.41, 5.74) is 2.41. The summed E-state index contributed by atoms with van der Waals surface area (Å²) >= 11 is 5.45. The monoisotopic (exact) mass is 319 g/mol. The van der Waals surface area contributed by atoms with E-state index in [9.17, 15) is 0 Å². The molecule has 4 heteroatoms. The Morgan fingerprint density at radius 2 is 1.68 bits per heavy atom. The summed E-state index contributed by atoms with van der Waals surface area (Å²) in [6, 6.07) is 9.67. The number of hydrogen-bond donors (Lipinski definition) is 2. The molecule has 1 aliphatic rings. The second kappa shape index (κ2) is 7.93. The van der Waals surface area contributed by atoms with Gasteiger partial charge in [0, 0.05) is 30.9 Å². The second-order valence-electron chi connectivity index (χ2n) is 6.78. The largest absolute Gasteiger partial charge is 0.360 e. The van der Waals surface area contributed by atoms with Gasteiger partial charge in [0.15, 0.2) is 5.11 Å². The van der Waals surface area contributed by atoms with Gasteiger partial charge in [-0.2, -0.15) is 0 Å². The molecule has 2 N–H and O–H groups in total. The molecule has 0 radical (unpaired) electrons. The molecule has 22 heavy (non-hydrogen) atoms. The van der Waals surface area contributed by atoms with Crippen LogP contribution in [0.5, 0.6) is 0 Å². The molecule has 1 aliphatic heterocycles. The molecule has 1 saturated heterocycles. The normalized spacial score (nSPS) is 17.0. The van der Waals surface area contributed by atoms with Gasteiger partial charge in [0.2, 0.25) is 0 Å². The van der Waals surface area contributed by atoms with Gasteiger partial charge in [0.25, 0.3) is 0 Å². The van der Waals surface area contributed by atoms with Crippen LogP contribution in [0.15, 0.2) is 24.3 Å². The maximum Gasteiger partial charge on any atom is 0.170 e. The van der Waals surface area contributed by atoms with E-state index in [2.05, 4.69) is 67.5 Å². The molecule has 1 aromatic rings. The van der Waals surface area contributed by atoms with Crippen LogP contribution in [0.2, 0.25) is 0 Å². The fraction of sp³-hybridized carbons (Fsp3) is 0.611. The zero-order chi connectivity index (χ0) is 16.1. The molecule has 0 aromatic heterocycles. The first-order chi connectivity index (χ1) is 10.5. The summed E-state index contributed by atoms with van der Waals surface area (Å²) in [6.07, 6.45) is 2.32. The average Bonchev–Trinajstić information content (AvgIpc) is 2.48. The van der Waals surface area contributed by atoms with Crippen molar-refractivity contribution in [2.75, 3.05) is 18.4 Å². The smallest absolute Gasteiger partial charge is 0.170 e. The highest BCUT2D eigenvalue weighted by molar-refractivity contribution is 7.80. The molecule has 0 unspecified atom stereocenters. The molecule has 1 fully saturated rings. The van der Waals surface area contributed by atoms with Gasteiger partial charge >= 0.3 is 0 Å². The van der Waals surface area contributed by atoms with Crippen LogP contribution in [0.4, 0.5) is 5.69 Å². The van der Waals surface area contributed by atoms with E-state index in [0.717, 1.165) is 36.7 Å². The highest BCUT2D eigenvalue weighted by Crippen LogP contribution is 2.17. The van der Waals surface area contributed by atoms with E-state index in [4.69, 9.17) is 12.2 Å². The van der Waals surface area contributed by atoms with Crippen LogP contribution in [0.1, 0.15) is 52.0 Å². The van der Waals surface area contributed by atoms with Gasteiger partial charge in [-0.15, -0.1) is 0 Å². The zero-order valence-electron chi connectivity index (χ0n) is 14.2. The van der Waals surface area contributed by atoms with Crippen molar-refractivity contribution in [1.29, 1.82) is 0 Å². The van der Waals surface area contributed by atoms with E-state index in [0.29, 0.717) is 18.0 Å². The van der Waals surface area contributed by atoms with Crippen molar-refractivity contribution in [3.05, 3.63) is 29.8 Å². The SMILES string of the molecule is CC(C)c1ccc(NC(=S)NC2CCN(C(C)C)CC2)cc1. The summed E-state index contributed by atoms with van der Waals surface area (Å²) in [6.45, 7) is 11.2. The number of rotatable bonds is 4. The minimum absolute atomic E-state index is 0.491. The van der Waals surface area contributed by atoms with Crippen molar-refractivity contribution >= 4 is 23.0 Å². The molecule has 3 nitrogen and oxygen atoms in total. The number of nitrogens with one attached hydrogen (secondary N) is 2. The van der Waals surface area contributed by atoms with Gasteiger partial charge in [0.1, 0.15) is 0 Å². The third-order valence-corrected chi connectivity index (χ3v) is 4.65. The van der Waals surface area contributed by atoms with Crippen LogP contribution in [0.3, 0.4) is 0 Å². The molecular weight excluding hydrogens is 290 g/mol. The molecule has 0 bridgehead atoms. The van der Waals surface area contributed by atoms with E-state index in [1.807, 2.05) is 0 Å². The molecule has 0 aliphatic carbocycles. The molecule has 0 spiro atoms. The predicted molar refractivity (Wildman–Crippen MR) is 99.6 cm³/mol. The Labute approximate surface area is 140 Å². The quantitative estimate of drug-likeness (QED) is 0.821. The lowest BCUT2D eigenvalue weighted by atomic mass is 10.0. The molecule has 2 rings (SSSR count). The van der Waals surface area contributed by atoms with E-state index in [1.54, 1.807) is 0 Å². The summed E-state index contributed by atoms with van der Waals surface area (Å²) in [5, 5.41) is 7.49. The number of likely N-dealkylation sites (tertiary alicyclic amines) is 1. The maximum absolute atomic E-state index is 5.45. The van der Waals surface area contributed by atoms with Crippen molar-refractivity contribution in [1.82, 2.24) is 10.2 Å². The first kappa shape index (κ1) is 17.2. The van der Waals surface area contributed by atoms with Gasteiger partial charge in [-0.3, -0.25) is 0 Å². The van der Waals surface area contributed by atoms with Gasteiger partial charge in [-0.1, -0.05) is 26.0 Å². The summed E-state index contributed by atoms with van der Waals surface area (Å²) in [7, 11) is 0. The Morgan fingerprint density at radius 3 is 2.18 bits per heavy atom. The number of thiocarbonyl (C=S) groups is 1. The van der Waals surface area contributed by atoms with Crippen LogP contribution < -0.4 is 10.6 Å². The van der Waals surface area contributed by atoms with Crippen LogP contribution in [-0.2, 0) is 0 Å². The second-order valence-corrected chi connectivity index (χ2v) is 7.19. The minimum atomic E-state index is 0.491. The minimum Gasteiger partial charge on any atom is -0.360 e. The number of piperidine rings is 1. The van der Waals surface area contributed by atoms with Crippen molar-refractivity contribution in [2.45, 2.75) is 58.5 Å². The highest BCUT2D eigenvalue weighted by atomic mass is 32.1. The first-order valence-corrected chi connectivity index (χ1v) is 8.78. The van der Waals surface area contributed by atoms with Crippen molar-refractivity contribution in [3.63, 3.8) is 0 Å². The van der Waals surface area contributed by atoms with E-state index in [-0.39, 0.29) is 0 Å². The molecular formula is C18H29N3S. The third kappa shape index (κ3) is 4.96. The molecule has 0 amide bonds. The lowest BCUT2D eigenvalue weighted by molar-refractivity contribution is 0.168. The Balaban J connectivity index is 1.78. The standard InChI is InChI=1S/C18H29N3S/c1-13(2)15-5-7-16(8-6-15)19-18(22)20-17-9-11-21(12-10-17)14(3)4/h5-8,13-14,17H,9-12H2,1-4H3,(H2,19,20,22). The fourth-order valence-corrected chi connectivity index (χ4v) is 3.15. The molecule has 0 saturated carbocycles. The van der Waals surface area contributed by atoms with Gasteiger partial charge in [-0.05, 0) is 62.5 Å². The van der Waals surface area contributed by atoms with E-state index < -0.39 is 0 Å². The summed E-state index contributed by atoms with van der Waals surface area (Å²) < 4.78 is 0. The summed E-state index contributed by atoms with van der Waals surface area (Å²) in [4.78, 5) is 2.53. The highest BCUT2D eigenvalue weighted by Gasteiger charge is 2.21. The predicted octanol–water partition coefficient (Wildman–Crippen LogP) is 3.97. The lowest BCUT2D eigenvalue weighted by Gasteiger charge is -2.35. The number of nitrogens with zero attached hydrogens (tertiary/aromatic N) is 1. The van der Waals surface area contributed by atoms with Gasteiger partial charge in [0.05, 0.1) is 0 Å². The van der Waals surface area contributed by atoms with Crippen LogP contribution in [0, 0.1) is 0 Å². The van der Waals surface area contributed by atoms with Gasteiger partial charge < -0.3 is 15.5 Å². The number of benzene rings is 1. The number of hydrogen-bond acceptors (Lipinski definition) is 2. The van der Waals surface area contributed by atoms with Crippen molar-refractivity contribution < 1.29 is 0 Å². The Morgan fingerprint density at radius 1 is 1.09 bits per heavy atom. The fourth-order valence-electron chi connectivity index (χ4n) is 2.86. The maximum atomic E-state index is 5.45. The molecule has 0 atom stereocenters. The van der Waals surface area contributed by atoms with E-state index in [1.165, 1.54) is 5.56 Å². The van der Waals surface area contributed by atoms with Crippen molar-refractivity contribution in [3.8, 4) is 0 Å². The van der Waals surface area contributed by atoms with E-state index >= 15 is 0 Å². The number of anilines is 1. The lowest BCUT2D eigenvalue weighted by Crippen LogP contribution is -2.47. The molecule has 1 aromatic carbocycles. The Bertz CT molecular complexity index is 474. The third-order valence-electron chi connectivity index (χ3n) is 4.43. The molecule has 122 valence electrons. The van der Waals surface area contributed by atoms with Gasteiger partial charge in [-0.25, -0.2) is 0 Å². The zero-order valence-corrected chi connectivity index (χ0v) is 15.0. The average molecular weight is 320 g/mol. The van der Waals surface area contributed by atoms with Crippen LogP contribution in [-0.4, -0.2) is 35.2 Å². The Hall–Kier alpha value is -1.13. The van der Waals surface area contributed by atoms with Crippen molar-refractivity contribution in [2.24, 2.45) is 0 Å². The van der Waals surface area contributed by atoms with Crippen LogP contribution in [0.25, 0.3) is 0 Å². The topological polar surface area (TPSA) is 27.3 Å². The van der Waals surface area contributed by atoms with Crippen LogP contribution >= 0.6 is 12.2 Å². The summed E-state index contributed by atoms with van der Waals surface area (Å²) in [5.74, 6) is 0.560. The Kier molecular flexibility index (Phi) is 6.21. The first-order valence-electron chi connectivity index (χ1n) is 8.37.